The van der Waals surface area contributed by atoms with Crippen molar-refractivity contribution in [1.29, 1.82) is 0 Å². The summed E-state index contributed by atoms with van der Waals surface area (Å²) in [5, 5.41) is 8.43. The maximum absolute atomic E-state index is 12.9. The molecule has 0 radical (unpaired) electrons. The van der Waals surface area contributed by atoms with Crippen LogP contribution in [0.3, 0.4) is 0 Å². The standard InChI is InChI=1S/C11H13BrFNO4S/c12-9-7-8(13)4-5-10(9)19(17,18)14-6-2-1-3-11(15)16/h4-5,7,14H,1-3,6H2,(H,15,16). The Morgan fingerprint density at radius 1 is 1.37 bits per heavy atom. The summed E-state index contributed by atoms with van der Waals surface area (Å²) in [6.45, 7) is 0.138. The number of carbonyl (C=O) groups is 1. The molecule has 0 atom stereocenters. The number of aliphatic carboxylic acids is 1. The van der Waals surface area contributed by atoms with Crippen LogP contribution in [0.1, 0.15) is 19.3 Å². The van der Waals surface area contributed by atoms with E-state index in [1.165, 1.54) is 6.07 Å². The number of benzene rings is 1. The van der Waals surface area contributed by atoms with Gasteiger partial charge in [-0.2, -0.15) is 0 Å². The van der Waals surface area contributed by atoms with Crippen molar-refractivity contribution < 1.29 is 22.7 Å². The normalized spacial score (nSPS) is 11.5. The molecule has 1 aromatic rings. The third-order valence-corrected chi connectivity index (χ3v) is 4.73. The maximum Gasteiger partial charge on any atom is 0.303 e. The van der Waals surface area contributed by atoms with Gasteiger partial charge >= 0.3 is 5.97 Å². The average molecular weight is 354 g/mol. The van der Waals surface area contributed by atoms with E-state index in [0.717, 1.165) is 12.1 Å². The number of unbranched alkanes of at least 4 members (excludes halogenated alkanes) is 1. The Hall–Kier alpha value is -0.990. The Bertz CT molecular complexity index is 562. The SMILES string of the molecule is O=C(O)CCCCNS(=O)(=O)c1ccc(F)cc1Br. The molecule has 5 nitrogen and oxygen atoms in total. The van der Waals surface area contributed by atoms with E-state index < -0.39 is 21.8 Å². The molecule has 0 spiro atoms. The highest BCUT2D eigenvalue weighted by Crippen LogP contribution is 2.22. The van der Waals surface area contributed by atoms with Gasteiger partial charge in [-0.3, -0.25) is 4.79 Å². The molecule has 19 heavy (non-hydrogen) atoms. The number of nitrogens with one attached hydrogen (secondary N) is 1. The lowest BCUT2D eigenvalue weighted by atomic mass is 10.2. The zero-order valence-electron chi connectivity index (χ0n) is 9.90. The Morgan fingerprint density at radius 3 is 2.63 bits per heavy atom. The number of carboxylic acids is 1. The number of sulfonamides is 1. The molecule has 0 aliphatic carbocycles. The van der Waals surface area contributed by atoms with Crippen LogP contribution in [0.25, 0.3) is 0 Å². The summed E-state index contributed by atoms with van der Waals surface area (Å²) in [6, 6.07) is 3.29. The van der Waals surface area contributed by atoms with Crippen molar-refractivity contribution in [2.24, 2.45) is 0 Å². The fourth-order valence-electron chi connectivity index (χ4n) is 1.38. The molecule has 8 heteroatoms. The largest absolute Gasteiger partial charge is 0.481 e. The van der Waals surface area contributed by atoms with Gasteiger partial charge in [-0.05, 0) is 47.0 Å². The number of hydrogen-bond acceptors (Lipinski definition) is 3. The quantitative estimate of drug-likeness (QED) is 0.735. The highest BCUT2D eigenvalue weighted by Gasteiger charge is 2.17. The number of carboxylic acid groups (broad SMARTS) is 1. The van der Waals surface area contributed by atoms with Crippen molar-refractivity contribution in [3.63, 3.8) is 0 Å². The van der Waals surface area contributed by atoms with Crippen LogP contribution in [-0.4, -0.2) is 26.0 Å². The predicted octanol–water partition coefficient (Wildman–Crippen LogP) is 2.12. The van der Waals surface area contributed by atoms with E-state index >= 15 is 0 Å². The molecular formula is C11H13BrFNO4S. The van der Waals surface area contributed by atoms with E-state index in [9.17, 15) is 17.6 Å². The lowest BCUT2D eigenvalue weighted by molar-refractivity contribution is -0.137. The van der Waals surface area contributed by atoms with Gasteiger partial charge in [-0.25, -0.2) is 17.5 Å². The molecule has 0 saturated heterocycles. The lowest BCUT2D eigenvalue weighted by Crippen LogP contribution is -2.25. The molecule has 1 aromatic carbocycles. The molecule has 2 N–H and O–H groups in total. The van der Waals surface area contributed by atoms with Crippen LogP contribution in [0, 0.1) is 5.82 Å². The summed E-state index contributed by atoms with van der Waals surface area (Å²) in [5.74, 6) is -1.45. The number of hydrogen-bond donors (Lipinski definition) is 2. The van der Waals surface area contributed by atoms with Crippen molar-refractivity contribution in [2.75, 3.05) is 6.54 Å². The molecule has 0 bridgehead atoms. The first-order valence-corrected chi connectivity index (χ1v) is 7.77. The van der Waals surface area contributed by atoms with Crippen LogP contribution in [0.5, 0.6) is 0 Å². The van der Waals surface area contributed by atoms with Gasteiger partial charge in [0.1, 0.15) is 5.82 Å². The molecule has 0 aromatic heterocycles. The zero-order chi connectivity index (χ0) is 14.5. The smallest absolute Gasteiger partial charge is 0.303 e. The summed E-state index contributed by atoms with van der Waals surface area (Å²) >= 11 is 2.99. The Morgan fingerprint density at radius 2 is 2.05 bits per heavy atom. The Labute approximate surface area is 119 Å². The average Bonchev–Trinajstić information content (AvgIpc) is 2.27. The van der Waals surface area contributed by atoms with E-state index in [4.69, 9.17) is 5.11 Å². The Kier molecular flexibility index (Phi) is 5.89. The second-order valence-electron chi connectivity index (χ2n) is 3.82. The fraction of sp³-hybridized carbons (Fsp3) is 0.364. The van der Waals surface area contributed by atoms with Crippen LogP contribution < -0.4 is 4.72 Å². The maximum atomic E-state index is 12.9. The second-order valence-corrected chi connectivity index (χ2v) is 6.41. The molecule has 0 aliphatic heterocycles. The third kappa shape index (κ3) is 5.25. The summed E-state index contributed by atoms with van der Waals surface area (Å²) in [7, 11) is -3.72. The summed E-state index contributed by atoms with van der Waals surface area (Å²) < 4.78 is 39.1. The number of halogens is 2. The van der Waals surface area contributed by atoms with Gasteiger partial charge in [0.05, 0.1) is 4.90 Å². The first-order valence-electron chi connectivity index (χ1n) is 5.49. The number of rotatable bonds is 7. The van der Waals surface area contributed by atoms with Crippen molar-refractivity contribution in [1.82, 2.24) is 4.72 Å². The zero-order valence-corrected chi connectivity index (χ0v) is 12.3. The lowest BCUT2D eigenvalue weighted by Gasteiger charge is -2.08. The van der Waals surface area contributed by atoms with E-state index in [-0.39, 0.29) is 22.3 Å². The van der Waals surface area contributed by atoms with Gasteiger partial charge in [-0.15, -0.1) is 0 Å². The van der Waals surface area contributed by atoms with E-state index in [1.54, 1.807) is 0 Å². The van der Waals surface area contributed by atoms with Crippen molar-refractivity contribution in [2.45, 2.75) is 24.2 Å². The van der Waals surface area contributed by atoms with Gasteiger partial charge in [0.25, 0.3) is 0 Å². The van der Waals surface area contributed by atoms with Crippen molar-refractivity contribution >= 4 is 31.9 Å². The minimum Gasteiger partial charge on any atom is -0.481 e. The van der Waals surface area contributed by atoms with Crippen LogP contribution >= 0.6 is 15.9 Å². The summed E-state index contributed by atoms with van der Waals surface area (Å²) in [5.41, 5.74) is 0. The van der Waals surface area contributed by atoms with Gasteiger partial charge in [-0.1, -0.05) is 0 Å². The van der Waals surface area contributed by atoms with Gasteiger partial charge in [0.2, 0.25) is 10.0 Å². The Balaban J connectivity index is 2.59. The van der Waals surface area contributed by atoms with Crippen LogP contribution in [-0.2, 0) is 14.8 Å². The molecule has 0 heterocycles. The van der Waals surface area contributed by atoms with E-state index in [0.29, 0.717) is 12.8 Å². The molecular weight excluding hydrogens is 341 g/mol. The van der Waals surface area contributed by atoms with E-state index in [1.807, 2.05) is 0 Å². The molecule has 0 amide bonds. The molecule has 106 valence electrons. The molecule has 0 fully saturated rings. The van der Waals surface area contributed by atoms with Gasteiger partial charge in [0, 0.05) is 17.4 Å². The molecule has 0 aliphatic rings. The predicted molar refractivity (Wildman–Crippen MR) is 70.8 cm³/mol. The van der Waals surface area contributed by atoms with Gasteiger partial charge in [0.15, 0.2) is 0 Å². The van der Waals surface area contributed by atoms with Gasteiger partial charge < -0.3 is 5.11 Å². The molecule has 1 rings (SSSR count). The van der Waals surface area contributed by atoms with Crippen LogP contribution in [0.4, 0.5) is 4.39 Å². The first-order chi connectivity index (χ1) is 8.83. The second kappa shape index (κ2) is 6.97. The van der Waals surface area contributed by atoms with E-state index in [2.05, 4.69) is 20.7 Å². The third-order valence-electron chi connectivity index (χ3n) is 2.29. The highest BCUT2D eigenvalue weighted by molar-refractivity contribution is 9.10. The monoisotopic (exact) mass is 353 g/mol. The van der Waals surface area contributed by atoms with Crippen molar-refractivity contribution in [3.05, 3.63) is 28.5 Å². The molecule has 0 saturated carbocycles. The summed E-state index contributed by atoms with van der Waals surface area (Å²) in [6.07, 6.45) is 0.814. The summed E-state index contributed by atoms with van der Waals surface area (Å²) in [4.78, 5) is 10.2. The minimum absolute atomic E-state index is 0.00195. The van der Waals surface area contributed by atoms with Crippen LogP contribution in [0.2, 0.25) is 0 Å². The fourth-order valence-corrected chi connectivity index (χ4v) is 3.50. The minimum atomic E-state index is -3.72. The first kappa shape index (κ1) is 16.1. The topological polar surface area (TPSA) is 83.5 Å². The van der Waals surface area contributed by atoms with Crippen LogP contribution in [0.15, 0.2) is 27.6 Å². The highest BCUT2D eigenvalue weighted by atomic mass is 79.9. The molecule has 0 unspecified atom stereocenters. The van der Waals surface area contributed by atoms with Crippen molar-refractivity contribution in [3.8, 4) is 0 Å².